The molecule has 0 unspecified atom stereocenters. The summed E-state index contributed by atoms with van der Waals surface area (Å²) in [5.74, 6) is 0.761. The first-order valence-corrected chi connectivity index (χ1v) is 7.02. The third-order valence-corrected chi connectivity index (χ3v) is 3.94. The summed E-state index contributed by atoms with van der Waals surface area (Å²) < 4.78 is 5.85. The Morgan fingerprint density at radius 1 is 1.22 bits per heavy atom. The molecule has 23 heavy (non-hydrogen) atoms. The van der Waals surface area contributed by atoms with Crippen molar-refractivity contribution in [2.45, 2.75) is 18.4 Å². The monoisotopic (exact) mass is 351 g/mol. The van der Waals surface area contributed by atoms with Gasteiger partial charge in [0.2, 0.25) is 0 Å². The van der Waals surface area contributed by atoms with Crippen LogP contribution in [-0.4, -0.2) is 24.2 Å². The zero-order valence-corrected chi connectivity index (χ0v) is 14.4. The molecule has 1 heterocycles. The molecule has 4 nitrogen and oxygen atoms in total. The highest BCUT2D eigenvalue weighted by molar-refractivity contribution is 5.85. The van der Waals surface area contributed by atoms with Crippen LogP contribution >= 0.6 is 24.8 Å². The van der Waals surface area contributed by atoms with E-state index in [1.54, 1.807) is 18.5 Å². The van der Waals surface area contributed by atoms with E-state index in [1.807, 2.05) is 31.3 Å². The van der Waals surface area contributed by atoms with Gasteiger partial charge in [-0.2, -0.15) is 5.26 Å². The summed E-state index contributed by atoms with van der Waals surface area (Å²) in [7, 11) is 1.97. The number of halogens is 2. The lowest BCUT2D eigenvalue weighted by Crippen LogP contribution is -2.33. The van der Waals surface area contributed by atoms with Crippen molar-refractivity contribution in [1.82, 2.24) is 10.3 Å². The molecule has 1 aliphatic carbocycles. The van der Waals surface area contributed by atoms with Gasteiger partial charge in [-0.25, -0.2) is 0 Å². The van der Waals surface area contributed by atoms with Crippen molar-refractivity contribution in [3.63, 3.8) is 0 Å². The molecular weight excluding hydrogens is 333 g/mol. The summed E-state index contributed by atoms with van der Waals surface area (Å²) in [5, 5.41) is 12.3. The number of pyridine rings is 1. The molecule has 2 aromatic rings. The molecule has 0 amide bonds. The highest BCUT2D eigenvalue weighted by Crippen LogP contribution is 2.35. The lowest BCUT2D eigenvalue weighted by Gasteiger charge is -2.15. The van der Waals surface area contributed by atoms with Gasteiger partial charge in [-0.05, 0) is 43.7 Å². The standard InChI is InChI=1S/C17H17N3O.2ClH/c1-19-17(5-6-17)12-21-16-8-15(10-20-11-16)14-4-2-3-13(7-14)9-18;;/h2-4,7-8,10-11,19H,5-6,12H2,1H3;2*1H. The average Bonchev–Trinajstić information content (AvgIpc) is 3.34. The smallest absolute Gasteiger partial charge is 0.138 e. The number of nitrogens with one attached hydrogen (secondary N) is 1. The molecule has 6 heteroatoms. The number of benzene rings is 1. The molecule has 0 saturated heterocycles. The largest absolute Gasteiger partial charge is 0.490 e. The molecule has 122 valence electrons. The van der Waals surface area contributed by atoms with Crippen molar-refractivity contribution >= 4 is 24.8 Å². The van der Waals surface area contributed by atoms with Gasteiger partial charge < -0.3 is 10.1 Å². The van der Waals surface area contributed by atoms with Gasteiger partial charge >= 0.3 is 0 Å². The van der Waals surface area contributed by atoms with Gasteiger partial charge in [0.15, 0.2) is 0 Å². The quantitative estimate of drug-likeness (QED) is 0.893. The first kappa shape index (κ1) is 19.2. The molecule has 1 aliphatic rings. The second kappa shape index (κ2) is 8.16. The van der Waals surface area contributed by atoms with Crippen LogP contribution in [0.2, 0.25) is 0 Å². The van der Waals surface area contributed by atoms with Crippen LogP contribution in [0.4, 0.5) is 0 Å². The maximum absolute atomic E-state index is 8.97. The summed E-state index contributed by atoms with van der Waals surface area (Å²) in [4.78, 5) is 4.24. The Labute approximate surface area is 148 Å². The number of ether oxygens (including phenoxy) is 1. The summed E-state index contributed by atoms with van der Waals surface area (Å²) in [6.45, 7) is 0.660. The van der Waals surface area contributed by atoms with Gasteiger partial charge in [-0.3, -0.25) is 4.98 Å². The topological polar surface area (TPSA) is 57.9 Å². The van der Waals surface area contributed by atoms with Crippen LogP contribution in [0.15, 0.2) is 42.7 Å². The Bertz CT molecular complexity index is 696. The van der Waals surface area contributed by atoms with Gasteiger partial charge in [0.25, 0.3) is 0 Å². The number of likely N-dealkylation sites (N-methyl/N-ethyl adjacent to an activating group) is 1. The number of nitriles is 1. The van der Waals surface area contributed by atoms with Gasteiger partial charge in [-0.1, -0.05) is 12.1 Å². The Hall–Kier alpha value is -1.80. The molecule has 0 bridgehead atoms. The number of aromatic nitrogens is 1. The molecule has 0 atom stereocenters. The van der Waals surface area contributed by atoms with Crippen LogP contribution in [-0.2, 0) is 0 Å². The van der Waals surface area contributed by atoms with E-state index in [4.69, 9.17) is 10.00 Å². The van der Waals surface area contributed by atoms with Crippen LogP contribution in [0.25, 0.3) is 11.1 Å². The average molecular weight is 352 g/mol. The van der Waals surface area contributed by atoms with Crippen LogP contribution in [0.1, 0.15) is 18.4 Å². The minimum atomic E-state index is 0. The fraction of sp³-hybridized carbons (Fsp3) is 0.294. The van der Waals surface area contributed by atoms with Crippen molar-refractivity contribution < 1.29 is 4.74 Å². The van der Waals surface area contributed by atoms with Crippen molar-refractivity contribution in [2.24, 2.45) is 0 Å². The molecular formula is C17H19Cl2N3O. The van der Waals surface area contributed by atoms with Gasteiger partial charge in [-0.15, -0.1) is 24.8 Å². The van der Waals surface area contributed by atoms with E-state index in [0.29, 0.717) is 12.2 Å². The normalized spacial score (nSPS) is 13.9. The van der Waals surface area contributed by atoms with Crippen LogP contribution < -0.4 is 10.1 Å². The van der Waals surface area contributed by atoms with E-state index in [9.17, 15) is 0 Å². The minimum absolute atomic E-state index is 0. The predicted molar refractivity (Wildman–Crippen MR) is 95.4 cm³/mol. The third kappa shape index (κ3) is 4.59. The predicted octanol–water partition coefficient (Wildman–Crippen LogP) is 3.59. The van der Waals surface area contributed by atoms with E-state index in [2.05, 4.69) is 16.4 Å². The van der Waals surface area contributed by atoms with Crippen molar-refractivity contribution in [2.75, 3.05) is 13.7 Å². The highest BCUT2D eigenvalue weighted by atomic mass is 35.5. The molecule has 1 aromatic heterocycles. The second-order valence-electron chi connectivity index (χ2n) is 5.42. The van der Waals surface area contributed by atoms with Gasteiger partial charge in [0, 0.05) is 11.8 Å². The molecule has 0 aliphatic heterocycles. The Morgan fingerprint density at radius 3 is 2.65 bits per heavy atom. The summed E-state index contributed by atoms with van der Waals surface area (Å²) >= 11 is 0. The number of rotatable bonds is 5. The first-order valence-electron chi connectivity index (χ1n) is 7.02. The Kier molecular flexibility index (Phi) is 6.83. The lowest BCUT2D eigenvalue weighted by atomic mass is 10.1. The highest BCUT2D eigenvalue weighted by Gasteiger charge is 2.41. The summed E-state index contributed by atoms with van der Waals surface area (Å²) in [5.41, 5.74) is 2.73. The summed E-state index contributed by atoms with van der Waals surface area (Å²) in [6, 6.07) is 11.6. The molecule has 1 aromatic carbocycles. The number of hydrogen-bond donors (Lipinski definition) is 1. The zero-order valence-electron chi connectivity index (χ0n) is 12.8. The first-order chi connectivity index (χ1) is 10.2. The number of nitrogens with zero attached hydrogens (tertiary/aromatic N) is 2. The van der Waals surface area contributed by atoms with E-state index in [1.165, 1.54) is 0 Å². The van der Waals surface area contributed by atoms with E-state index < -0.39 is 0 Å². The maximum atomic E-state index is 8.97. The summed E-state index contributed by atoms with van der Waals surface area (Å²) in [6.07, 6.45) is 5.82. The van der Waals surface area contributed by atoms with Crippen molar-refractivity contribution in [1.29, 1.82) is 5.26 Å². The van der Waals surface area contributed by atoms with Crippen LogP contribution in [0.5, 0.6) is 5.75 Å². The Balaban J connectivity index is 0.00000132. The van der Waals surface area contributed by atoms with Crippen molar-refractivity contribution in [3.05, 3.63) is 48.3 Å². The fourth-order valence-corrected chi connectivity index (χ4v) is 2.26. The second-order valence-corrected chi connectivity index (χ2v) is 5.42. The molecule has 0 radical (unpaired) electrons. The van der Waals surface area contributed by atoms with Crippen molar-refractivity contribution in [3.8, 4) is 22.9 Å². The maximum Gasteiger partial charge on any atom is 0.138 e. The fourth-order valence-electron chi connectivity index (χ4n) is 2.26. The lowest BCUT2D eigenvalue weighted by molar-refractivity contribution is 0.259. The van der Waals surface area contributed by atoms with E-state index in [-0.39, 0.29) is 30.4 Å². The molecule has 1 N–H and O–H groups in total. The van der Waals surface area contributed by atoms with Gasteiger partial charge in [0.1, 0.15) is 12.4 Å². The SMILES string of the molecule is CNC1(COc2cncc(-c3cccc(C#N)c3)c2)CC1.Cl.Cl. The third-order valence-electron chi connectivity index (χ3n) is 3.94. The van der Waals surface area contributed by atoms with Crippen LogP contribution in [0.3, 0.4) is 0 Å². The minimum Gasteiger partial charge on any atom is -0.490 e. The Morgan fingerprint density at radius 2 is 2.00 bits per heavy atom. The van der Waals surface area contributed by atoms with E-state index >= 15 is 0 Å². The zero-order chi connectivity index (χ0) is 14.7. The number of hydrogen-bond acceptors (Lipinski definition) is 4. The molecule has 1 saturated carbocycles. The van der Waals surface area contributed by atoms with Gasteiger partial charge in [0.05, 0.1) is 23.4 Å². The molecule has 0 spiro atoms. The van der Waals surface area contributed by atoms with Crippen LogP contribution in [0, 0.1) is 11.3 Å². The molecule has 3 rings (SSSR count). The molecule has 1 fully saturated rings. The van der Waals surface area contributed by atoms with E-state index in [0.717, 1.165) is 29.7 Å².